The molecule has 11 heteroatoms. The van der Waals surface area contributed by atoms with E-state index in [0.717, 1.165) is 39.1 Å². The third-order valence-electron chi connectivity index (χ3n) is 6.47. The van der Waals surface area contributed by atoms with E-state index in [2.05, 4.69) is 69.9 Å². The number of hydrogen-bond acceptors (Lipinski definition) is 8. The van der Waals surface area contributed by atoms with E-state index in [9.17, 15) is 14.4 Å². The smallest absolute Gasteiger partial charge is 0.566 e. The molecule has 2 amide bonds. The van der Waals surface area contributed by atoms with Crippen LogP contribution in [0.2, 0.25) is 0 Å². The van der Waals surface area contributed by atoms with E-state index < -0.39 is 0 Å². The van der Waals surface area contributed by atoms with Crippen LogP contribution in [0.1, 0.15) is 112 Å². The molecule has 0 radical (unpaired) electrons. The Kier molecular flexibility index (Phi) is 35.0. The van der Waals surface area contributed by atoms with Crippen LogP contribution in [0.5, 0.6) is 0 Å². The van der Waals surface area contributed by atoms with Gasteiger partial charge in [0.25, 0.3) is 11.8 Å². The summed E-state index contributed by atoms with van der Waals surface area (Å²) >= 11 is 0. The van der Waals surface area contributed by atoms with Gasteiger partial charge in [0.1, 0.15) is 6.10 Å². The minimum absolute atomic E-state index is 0. The number of carbonyl (C=O) groups excluding carboxylic acids is 3. The summed E-state index contributed by atoms with van der Waals surface area (Å²) in [6.45, 7) is 34.1. The molecule has 1 unspecified atom stereocenters. The zero-order chi connectivity index (χ0) is 38.8. The number of aliphatic hydroxyl groups is 2. The second kappa shape index (κ2) is 31.1. The van der Waals surface area contributed by atoms with Crippen LogP contribution in [-0.4, -0.2) is 71.0 Å². The summed E-state index contributed by atoms with van der Waals surface area (Å²) in [5.74, 6) is 0.986. The Morgan fingerprint density at radius 2 is 1.38 bits per heavy atom. The van der Waals surface area contributed by atoms with E-state index in [1.165, 1.54) is 18.1 Å². The van der Waals surface area contributed by atoms with Crippen molar-refractivity contribution in [2.45, 2.75) is 128 Å². The molecule has 3 aliphatic heterocycles. The van der Waals surface area contributed by atoms with Crippen molar-refractivity contribution in [1.82, 2.24) is 4.90 Å². The van der Waals surface area contributed by atoms with E-state index >= 15 is 0 Å². The first-order valence-corrected chi connectivity index (χ1v) is 15.8. The maximum Gasteiger partial charge on any atom is 2.00 e. The third-order valence-corrected chi connectivity index (χ3v) is 6.47. The van der Waals surface area contributed by atoms with Gasteiger partial charge in [0, 0.05) is 34.6 Å². The fourth-order valence-corrected chi connectivity index (χ4v) is 3.65. The quantitative estimate of drug-likeness (QED) is 0.103. The van der Waals surface area contributed by atoms with Gasteiger partial charge in [0.2, 0.25) is 0 Å². The standard InChI is InChI=1S/C9H13NO2.C9H14O2.C8H16O2.C5H11O.C4H9O.2CH3.2W/c1-5(2)10-8(11)6(3)7(4)9(10)12;1-6(2)4-8-5-7(3)9(10)11-8;1-7(2)10-6-8(3)4-9-5-8;1-5(2)3-4-6;1-4(2)3-5;;;;/h5H,1-4H3;6,8H,3-5H2,1-2H3;7H,4-6H2,1-3H3;4-6H,3H2,1-2H3;3-5H,1-2H3;2*1H3;;/q;;;4*-1;2*+2/i;;;;;2*1D;;. The number of aliphatic hydroxyl groups excluding tert-OH is 2. The van der Waals surface area contributed by atoms with Crippen molar-refractivity contribution in [1.29, 1.82) is 0 Å². The van der Waals surface area contributed by atoms with Crippen molar-refractivity contribution in [3.8, 4) is 0 Å². The SMILES string of the molecule is C=C1CC(CC(C)C)OC1=O.CC(C)C[CH-]O.CC(C)OCC1(C)COC1.CC(C)[CH-]O.CC1=C(C)C(=O)N(C(C)C)C1=O.[2H][CH2-].[2H][CH2-].[W+2].[W+2]. The molecule has 0 aromatic carbocycles. The Labute approximate surface area is 326 Å². The van der Waals surface area contributed by atoms with Gasteiger partial charge < -0.3 is 39.2 Å². The molecule has 0 aromatic rings. The Bertz CT molecular complexity index is 885. The van der Waals surface area contributed by atoms with E-state index in [-0.39, 0.29) is 72.1 Å². The van der Waals surface area contributed by atoms with Gasteiger partial charge in [-0.05, 0) is 53.9 Å². The van der Waals surface area contributed by atoms with Crippen molar-refractivity contribution in [3.63, 3.8) is 0 Å². The van der Waals surface area contributed by atoms with Crippen molar-refractivity contribution < 1.29 is 83.7 Å². The number of nitrogens with zero attached hydrogens (tertiary/aromatic N) is 1. The molecule has 1 atom stereocenters. The molecule has 3 heterocycles. The molecule has 9 nitrogen and oxygen atoms in total. The topological polar surface area (TPSA) is 123 Å². The average molecular weight is 1030 g/mol. The monoisotopic (exact) mass is 1030 g/mol. The van der Waals surface area contributed by atoms with Gasteiger partial charge in [-0.15, -0.1) is 0 Å². The maximum atomic E-state index is 11.4. The molecule has 2 fully saturated rings. The molecular weight excluding hydrogens is 954 g/mol. The molecule has 3 aliphatic rings. The summed E-state index contributed by atoms with van der Waals surface area (Å²) in [6, 6.07) is -0.0441. The van der Waals surface area contributed by atoms with Gasteiger partial charge in [-0.2, -0.15) is 12.3 Å². The summed E-state index contributed by atoms with van der Waals surface area (Å²) < 4.78 is 26.6. The van der Waals surface area contributed by atoms with Crippen LogP contribution in [-0.2, 0) is 70.7 Å². The molecule has 2 saturated heterocycles. The van der Waals surface area contributed by atoms with Gasteiger partial charge in [-0.25, -0.2) is 20.7 Å². The molecule has 0 aromatic heterocycles. The first-order valence-electron chi connectivity index (χ1n) is 17.2. The van der Waals surface area contributed by atoms with Gasteiger partial charge in [-0.1, -0.05) is 61.0 Å². The van der Waals surface area contributed by atoms with Gasteiger partial charge >= 0.3 is 48.1 Å². The van der Waals surface area contributed by atoms with Crippen LogP contribution in [0.4, 0.5) is 0 Å². The van der Waals surface area contributed by atoms with Crippen LogP contribution in [0, 0.1) is 51.2 Å². The second-order valence-corrected chi connectivity index (χ2v) is 13.7. The van der Waals surface area contributed by atoms with Crippen LogP contribution in [0.25, 0.3) is 0 Å². The van der Waals surface area contributed by atoms with Crippen molar-refractivity contribution in [3.05, 3.63) is 51.3 Å². The number of imide groups is 1. The molecule has 48 heavy (non-hydrogen) atoms. The van der Waals surface area contributed by atoms with Gasteiger partial charge in [0.15, 0.2) is 0 Å². The van der Waals surface area contributed by atoms with Crippen LogP contribution >= 0.6 is 0 Å². The summed E-state index contributed by atoms with van der Waals surface area (Å²) in [5, 5.41) is 16.1. The number of carbonyl (C=O) groups is 3. The minimum atomic E-state index is -0.212. The van der Waals surface area contributed by atoms with E-state index in [1.54, 1.807) is 13.8 Å². The van der Waals surface area contributed by atoms with Crippen molar-refractivity contribution >= 4 is 17.8 Å². The average Bonchev–Trinajstić information content (AvgIpc) is 3.41. The second-order valence-electron chi connectivity index (χ2n) is 13.7. The van der Waals surface area contributed by atoms with Crippen LogP contribution < -0.4 is 0 Å². The fourth-order valence-electron chi connectivity index (χ4n) is 3.65. The molecule has 0 saturated carbocycles. The zero-order valence-corrected chi connectivity index (χ0v) is 38.0. The molecule has 282 valence electrons. The number of cyclic esters (lactones) is 1. The molecule has 2 N–H and O–H groups in total. The maximum absolute atomic E-state index is 11.4. The fraction of sp³-hybridized carbons (Fsp3) is 0.703. The van der Waals surface area contributed by atoms with E-state index in [0.29, 0.717) is 46.0 Å². The predicted molar refractivity (Wildman–Crippen MR) is 188 cm³/mol. The third kappa shape index (κ3) is 26.2. The van der Waals surface area contributed by atoms with Gasteiger partial charge in [-0.3, -0.25) is 14.5 Å². The largest absolute Gasteiger partial charge is 2.00 e. The summed E-state index contributed by atoms with van der Waals surface area (Å²) in [5.41, 5.74) is 2.09. The van der Waals surface area contributed by atoms with E-state index in [4.69, 9.17) is 27.2 Å². The summed E-state index contributed by atoms with van der Waals surface area (Å²) in [4.78, 5) is 35.0. The first kappa shape index (κ1) is 54.1. The summed E-state index contributed by atoms with van der Waals surface area (Å²) in [6.07, 6.45) is 2.91. The number of rotatable bonds is 9. The van der Waals surface area contributed by atoms with Crippen LogP contribution in [0.15, 0.2) is 23.3 Å². The van der Waals surface area contributed by atoms with Crippen LogP contribution in [0.3, 0.4) is 0 Å². The van der Waals surface area contributed by atoms with Crippen molar-refractivity contribution in [2.75, 3.05) is 19.8 Å². The predicted octanol–water partition coefficient (Wildman–Crippen LogP) is 8.09. The zero-order valence-electron chi connectivity index (χ0n) is 34.1. The van der Waals surface area contributed by atoms with Crippen molar-refractivity contribution in [2.24, 2.45) is 23.2 Å². The van der Waals surface area contributed by atoms with Gasteiger partial charge in [0.05, 0.1) is 25.9 Å². The Morgan fingerprint density at radius 3 is 1.56 bits per heavy atom. The molecule has 0 spiro atoms. The normalized spacial score (nSPS) is 17.5. The molecule has 0 bridgehead atoms. The first-order chi connectivity index (χ1) is 22.2. The minimum Gasteiger partial charge on any atom is -0.566 e. The number of amides is 2. The summed E-state index contributed by atoms with van der Waals surface area (Å²) in [7, 11) is 5.00. The Morgan fingerprint density at radius 1 is 0.938 bits per heavy atom. The Hall–Kier alpha value is -0.693. The van der Waals surface area contributed by atoms with E-state index in [1.807, 2.05) is 27.7 Å². The number of esters is 1. The Balaban J connectivity index is -0.000000120. The number of ether oxygens (including phenoxy) is 3. The number of hydrogen-bond donors (Lipinski definition) is 2. The molecule has 3 rings (SSSR count). The molecule has 0 aliphatic carbocycles. The molecular formula is C37H69NO8W2.